The molecule has 0 spiro atoms. The van der Waals surface area contributed by atoms with Gasteiger partial charge in [0.25, 0.3) is 0 Å². The molecule has 1 aliphatic heterocycles. The zero-order chi connectivity index (χ0) is 14.0. The van der Waals surface area contributed by atoms with E-state index in [1.807, 2.05) is 18.8 Å². The Kier molecular flexibility index (Phi) is 4.68. The first kappa shape index (κ1) is 14.6. The van der Waals surface area contributed by atoms with Crippen molar-refractivity contribution >= 4 is 17.6 Å². The fraction of sp³-hybridized carbons (Fsp3) is 0.714. The van der Waals surface area contributed by atoms with Gasteiger partial charge in [0.1, 0.15) is 11.6 Å². The topological polar surface area (TPSA) is 41.1 Å². The summed E-state index contributed by atoms with van der Waals surface area (Å²) in [5, 5.41) is 3.24. The molecule has 1 aromatic rings. The van der Waals surface area contributed by atoms with E-state index < -0.39 is 0 Å². The van der Waals surface area contributed by atoms with Gasteiger partial charge in [-0.2, -0.15) is 11.8 Å². The Labute approximate surface area is 120 Å². The number of aryl methyl sites for hydroxylation is 1. The van der Waals surface area contributed by atoms with E-state index in [0.717, 1.165) is 29.6 Å². The summed E-state index contributed by atoms with van der Waals surface area (Å²) in [6.07, 6.45) is 0. The fourth-order valence-electron chi connectivity index (χ4n) is 2.59. The summed E-state index contributed by atoms with van der Waals surface area (Å²) in [7, 11) is 4.11. The van der Waals surface area contributed by atoms with Gasteiger partial charge >= 0.3 is 0 Å². The first-order valence-electron chi connectivity index (χ1n) is 6.88. The van der Waals surface area contributed by atoms with Crippen LogP contribution in [0.1, 0.15) is 42.9 Å². The third kappa shape index (κ3) is 3.03. The van der Waals surface area contributed by atoms with Crippen LogP contribution in [0.3, 0.4) is 0 Å². The minimum atomic E-state index is 0.339. The first-order valence-corrected chi connectivity index (χ1v) is 8.04. The molecule has 0 aromatic carbocycles. The van der Waals surface area contributed by atoms with Crippen molar-refractivity contribution in [2.24, 2.45) is 0 Å². The predicted molar refractivity (Wildman–Crippen MR) is 83.1 cm³/mol. The lowest BCUT2D eigenvalue weighted by atomic mass is 10.0. The highest BCUT2D eigenvalue weighted by Gasteiger charge is 2.25. The average Bonchev–Trinajstić information content (AvgIpc) is 2.37. The number of rotatable bonds is 3. The molecule has 1 N–H and O–H groups in total. The van der Waals surface area contributed by atoms with E-state index >= 15 is 0 Å². The van der Waals surface area contributed by atoms with Crippen molar-refractivity contribution in [3.8, 4) is 0 Å². The highest BCUT2D eigenvalue weighted by atomic mass is 32.2. The number of nitrogens with zero attached hydrogens (tertiary/aromatic N) is 3. The largest absolute Gasteiger partial charge is 0.373 e. The Hall–Kier alpha value is -0.810. The van der Waals surface area contributed by atoms with Gasteiger partial charge in [-0.05, 0) is 19.9 Å². The molecule has 106 valence electrons. The van der Waals surface area contributed by atoms with Crippen LogP contribution in [0, 0.1) is 6.92 Å². The maximum absolute atomic E-state index is 4.77. The second-order valence-electron chi connectivity index (χ2n) is 5.41. The molecular weight excluding hydrogens is 256 g/mol. The summed E-state index contributed by atoms with van der Waals surface area (Å²) in [4.78, 5) is 11.9. The van der Waals surface area contributed by atoms with E-state index in [1.165, 1.54) is 11.3 Å². The van der Waals surface area contributed by atoms with Gasteiger partial charge in [-0.15, -0.1) is 0 Å². The van der Waals surface area contributed by atoms with Crippen molar-refractivity contribution in [3.05, 3.63) is 17.1 Å². The lowest BCUT2D eigenvalue weighted by Gasteiger charge is -2.31. The molecule has 1 unspecified atom stereocenters. The third-order valence-electron chi connectivity index (χ3n) is 3.66. The van der Waals surface area contributed by atoms with E-state index in [2.05, 4.69) is 38.0 Å². The van der Waals surface area contributed by atoms with Gasteiger partial charge in [0, 0.05) is 36.4 Å². The highest BCUT2D eigenvalue weighted by molar-refractivity contribution is 7.99. The molecule has 19 heavy (non-hydrogen) atoms. The third-order valence-corrected chi connectivity index (χ3v) is 4.68. The standard InChI is InChI=1S/C14H24N4S/c1-9(2)12-10(3)16-13(17-14(12)15-4)11-8-19-7-6-18(11)5/h9,11H,6-8H2,1-5H3,(H,15,16,17). The van der Waals surface area contributed by atoms with Gasteiger partial charge < -0.3 is 5.32 Å². The van der Waals surface area contributed by atoms with Crippen LogP contribution in [0.2, 0.25) is 0 Å². The highest BCUT2D eigenvalue weighted by Crippen LogP contribution is 2.30. The second kappa shape index (κ2) is 6.09. The Morgan fingerprint density at radius 3 is 2.68 bits per heavy atom. The van der Waals surface area contributed by atoms with Crippen LogP contribution < -0.4 is 5.32 Å². The maximum Gasteiger partial charge on any atom is 0.148 e. The van der Waals surface area contributed by atoms with Crippen LogP contribution in [0.5, 0.6) is 0 Å². The van der Waals surface area contributed by atoms with E-state index in [9.17, 15) is 0 Å². The predicted octanol–water partition coefficient (Wildman–Crippen LogP) is 2.67. The zero-order valence-electron chi connectivity index (χ0n) is 12.5. The first-order chi connectivity index (χ1) is 9.04. The summed E-state index contributed by atoms with van der Waals surface area (Å²) >= 11 is 1.99. The molecule has 1 saturated heterocycles. The molecule has 0 bridgehead atoms. The molecule has 1 aliphatic rings. The summed E-state index contributed by atoms with van der Waals surface area (Å²) in [6, 6.07) is 0.339. The summed E-state index contributed by atoms with van der Waals surface area (Å²) in [5.74, 6) is 4.67. The van der Waals surface area contributed by atoms with Gasteiger partial charge in [-0.1, -0.05) is 13.8 Å². The second-order valence-corrected chi connectivity index (χ2v) is 6.56. The molecule has 1 atom stereocenters. The van der Waals surface area contributed by atoms with Gasteiger partial charge in [0.15, 0.2) is 0 Å². The van der Waals surface area contributed by atoms with E-state index in [1.54, 1.807) is 0 Å². The number of aromatic nitrogens is 2. The lowest BCUT2D eigenvalue weighted by molar-refractivity contribution is 0.264. The Balaban J connectivity index is 2.39. The number of nitrogens with one attached hydrogen (secondary N) is 1. The SMILES string of the molecule is CNc1nc(C2CSCCN2C)nc(C)c1C(C)C. The molecule has 2 heterocycles. The molecular formula is C14H24N4S. The summed E-state index contributed by atoms with van der Waals surface area (Å²) in [5.41, 5.74) is 2.34. The van der Waals surface area contributed by atoms with E-state index in [4.69, 9.17) is 9.97 Å². The van der Waals surface area contributed by atoms with Crippen LogP contribution in [-0.4, -0.2) is 47.0 Å². The average molecular weight is 280 g/mol. The van der Waals surface area contributed by atoms with Gasteiger partial charge in [-0.3, -0.25) is 4.90 Å². The molecule has 0 radical (unpaired) electrons. The number of anilines is 1. The molecule has 0 amide bonds. The maximum atomic E-state index is 4.77. The summed E-state index contributed by atoms with van der Waals surface area (Å²) in [6.45, 7) is 7.58. The van der Waals surface area contributed by atoms with Gasteiger partial charge in [0.2, 0.25) is 0 Å². The molecule has 4 nitrogen and oxygen atoms in total. The van der Waals surface area contributed by atoms with Crippen molar-refractivity contribution in [1.29, 1.82) is 0 Å². The van der Waals surface area contributed by atoms with Crippen molar-refractivity contribution < 1.29 is 0 Å². The summed E-state index contributed by atoms with van der Waals surface area (Å²) < 4.78 is 0. The molecule has 1 fully saturated rings. The Bertz CT molecular complexity index is 447. The van der Waals surface area contributed by atoms with Crippen LogP contribution in [0.25, 0.3) is 0 Å². The van der Waals surface area contributed by atoms with Crippen LogP contribution >= 0.6 is 11.8 Å². The number of hydrogen-bond donors (Lipinski definition) is 1. The normalized spacial score (nSPS) is 20.8. The number of hydrogen-bond acceptors (Lipinski definition) is 5. The fourth-order valence-corrected chi connectivity index (χ4v) is 3.80. The van der Waals surface area contributed by atoms with Crippen molar-refractivity contribution in [3.63, 3.8) is 0 Å². The molecule has 5 heteroatoms. The van der Waals surface area contributed by atoms with Crippen LogP contribution in [-0.2, 0) is 0 Å². The van der Waals surface area contributed by atoms with Gasteiger partial charge in [-0.25, -0.2) is 9.97 Å². The van der Waals surface area contributed by atoms with Crippen LogP contribution in [0.4, 0.5) is 5.82 Å². The van der Waals surface area contributed by atoms with Gasteiger partial charge in [0.05, 0.1) is 6.04 Å². The molecule has 0 saturated carbocycles. The van der Waals surface area contributed by atoms with Crippen LogP contribution in [0.15, 0.2) is 0 Å². The number of thioether (sulfide) groups is 1. The molecule has 0 aliphatic carbocycles. The van der Waals surface area contributed by atoms with E-state index in [-0.39, 0.29) is 0 Å². The molecule has 2 rings (SSSR count). The van der Waals surface area contributed by atoms with Crippen molar-refractivity contribution in [1.82, 2.24) is 14.9 Å². The smallest absolute Gasteiger partial charge is 0.148 e. The Morgan fingerprint density at radius 1 is 1.37 bits per heavy atom. The zero-order valence-corrected chi connectivity index (χ0v) is 13.3. The Morgan fingerprint density at radius 2 is 2.11 bits per heavy atom. The molecule has 1 aromatic heterocycles. The van der Waals surface area contributed by atoms with Crippen molar-refractivity contribution in [2.45, 2.75) is 32.7 Å². The monoisotopic (exact) mass is 280 g/mol. The lowest BCUT2D eigenvalue weighted by Crippen LogP contribution is -2.34. The van der Waals surface area contributed by atoms with E-state index in [0.29, 0.717) is 12.0 Å². The quantitative estimate of drug-likeness (QED) is 0.922. The minimum absolute atomic E-state index is 0.339. The van der Waals surface area contributed by atoms with Crippen molar-refractivity contribution in [2.75, 3.05) is 37.5 Å². The minimum Gasteiger partial charge on any atom is -0.373 e.